The average Bonchev–Trinajstić information content (AvgIpc) is 3.13. The van der Waals surface area contributed by atoms with E-state index < -0.39 is 21.9 Å². The van der Waals surface area contributed by atoms with E-state index in [0.717, 1.165) is 18.2 Å². The van der Waals surface area contributed by atoms with Crippen molar-refractivity contribution in [1.29, 1.82) is 5.26 Å². The molecular weight excluding hydrogens is 455 g/mol. The van der Waals surface area contributed by atoms with Crippen molar-refractivity contribution in [2.75, 3.05) is 11.0 Å². The number of carbonyl (C=O) groups is 1. The normalized spacial score (nSPS) is 29.7. The Bertz CT molecular complexity index is 1270. The number of rotatable bonds is 7. The first-order valence-electron chi connectivity index (χ1n) is 11.5. The average molecular weight is 483 g/mol. The fraction of sp³-hybridized carbons (Fsp3) is 0.440. The summed E-state index contributed by atoms with van der Waals surface area (Å²) in [7, 11) is -3.37. The Kier molecular flexibility index (Phi) is 5.61. The van der Waals surface area contributed by atoms with Crippen molar-refractivity contribution in [2.24, 2.45) is 23.7 Å². The number of nitrogens with one attached hydrogen (secondary N) is 3. The summed E-state index contributed by atoms with van der Waals surface area (Å²) in [6, 6.07) is 12.8. The maximum atomic E-state index is 14.9. The summed E-state index contributed by atoms with van der Waals surface area (Å²) in [6.07, 6.45) is 2.17. The van der Waals surface area contributed by atoms with Gasteiger partial charge in [-0.05, 0) is 65.0 Å². The largest absolute Gasteiger partial charge is 0.339 e. The molecule has 0 aromatic heterocycles. The Morgan fingerprint density at radius 2 is 1.91 bits per heavy atom. The molecule has 3 fully saturated rings. The summed E-state index contributed by atoms with van der Waals surface area (Å²) in [5.74, 6) is 1.68. The summed E-state index contributed by atoms with van der Waals surface area (Å²) < 4.78 is 39.9. The van der Waals surface area contributed by atoms with E-state index in [2.05, 4.69) is 28.3 Å². The molecule has 3 unspecified atom stereocenters. The van der Waals surface area contributed by atoms with Gasteiger partial charge in [-0.2, -0.15) is 5.26 Å². The monoisotopic (exact) mass is 482 g/mol. The van der Waals surface area contributed by atoms with Crippen LogP contribution >= 0.6 is 0 Å². The number of carbonyl (C=O) groups excluding carboxylic acids is 1. The fourth-order valence-corrected chi connectivity index (χ4v) is 6.62. The van der Waals surface area contributed by atoms with Gasteiger partial charge >= 0.3 is 0 Å². The van der Waals surface area contributed by atoms with E-state index in [1.165, 1.54) is 6.07 Å². The van der Waals surface area contributed by atoms with Gasteiger partial charge < -0.3 is 10.6 Å². The number of piperidine rings is 1. The summed E-state index contributed by atoms with van der Waals surface area (Å²) in [5, 5.41) is 15.8. The second kappa shape index (κ2) is 8.36. The van der Waals surface area contributed by atoms with Crippen molar-refractivity contribution < 1.29 is 17.6 Å². The SMILES string of the molecule is CC1C2C1[C@H]1C[C@@H]2N[C@@H]1C(=O)N[C@H](C#N)Cc1ccc(-c2ccc(NS(C)(=O)=O)cc2)cc1F. The van der Waals surface area contributed by atoms with Gasteiger partial charge in [-0.3, -0.25) is 9.52 Å². The number of sulfonamides is 1. The Balaban J connectivity index is 1.23. The van der Waals surface area contributed by atoms with Crippen molar-refractivity contribution in [3.05, 3.63) is 53.8 Å². The molecule has 1 saturated heterocycles. The number of halogens is 1. The molecule has 1 amide bonds. The number of hydrogen-bond acceptors (Lipinski definition) is 5. The molecule has 2 aliphatic carbocycles. The summed E-state index contributed by atoms with van der Waals surface area (Å²) in [4.78, 5) is 12.8. The number of anilines is 1. The van der Waals surface area contributed by atoms with Crippen LogP contribution in [0.4, 0.5) is 10.1 Å². The molecule has 2 aromatic rings. The maximum Gasteiger partial charge on any atom is 0.238 e. The number of nitriles is 1. The molecule has 9 heteroatoms. The van der Waals surface area contributed by atoms with Crippen molar-refractivity contribution in [3.8, 4) is 17.2 Å². The van der Waals surface area contributed by atoms with Gasteiger partial charge in [-0.1, -0.05) is 31.2 Å². The van der Waals surface area contributed by atoms with E-state index in [9.17, 15) is 22.9 Å². The summed E-state index contributed by atoms with van der Waals surface area (Å²) >= 11 is 0. The lowest BCUT2D eigenvalue weighted by molar-refractivity contribution is -0.124. The molecule has 2 saturated carbocycles. The Hall–Kier alpha value is -2.96. The predicted molar refractivity (Wildman–Crippen MR) is 127 cm³/mol. The zero-order chi connectivity index (χ0) is 24.2. The Labute approximate surface area is 198 Å². The zero-order valence-corrected chi connectivity index (χ0v) is 19.8. The van der Waals surface area contributed by atoms with E-state index >= 15 is 0 Å². The van der Waals surface area contributed by atoms with Crippen LogP contribution in [0.1, 0.15) is 18.9 Å². The third-order valence-corrected chi connectivity index (χ3v) is 8.18. The molecular formula is C25H27FN4O3S. The highest BCUT2D eigenvalue weighted by Gasteiger charge is 2.67. The van der Waals surface area contributed by atoms with Crippen LogP contribution in [0.15, 0.2) is 42.5 Å². The van der Waals surface area contributed by atoms with Crippen LogP contribution in [0.25, 0.3) is 11.1 Å². The smallest absolute Gasteiger partial charge is 0.238 e. The molecule has 0 radical (unpaired) electrons. The van der Waals surface area contributed by atoms with E-state index in [1.807, 2.05) is 0 Å². The molecule has 34 heavy (non-hydrogen) atoms. The third-order valence-electron chi connectivity index (χ3n) is 7.58. The van der Waals surface area contributed by atoms with E-state index in [1.54, 1.807) is 36.4 Å². The fourth-order valence-electron chi connectivity index (χ4n) is 6.05. The van der Waals surface area contributed by atoms with Crippen LogP contribution in [0, 0.1) is 40.8 Å². The van der Waals surface area contributed by atoms with Gasteiger partial charge in [0.05, 0.1) is 18.4 Å². The Morgan fingerprint density at radius 3 is 2.53 bits per heavy atom. The third kappa shape index (κ3) is 4.28. The minimum absolute atomic E-state index is 0.0782. The van der Waals surface area contributed by atoms with E-state index in [4.69, 9.17) is 0 Å². The molecule has 7 atom stereocenters. The number of hydrogen-bond donors (Lipinski definition) is 3. The van der Waals surface area contributed by atoms with Crippen molar-refractivity contribution in [2.45, 2.75) is 37.9 Å². The highest BCUT2D eigenvalue weighted by Crippen LogP contribution is 2.64. The molecule has 1 aliphatic heterocycles. The highest BCUT2D eigenvalue weighted by atomic mass is 32.2. The first-order chi connectivity index (χ1) is 16.1. The van der Waals surface area contributed by atoms with Gasteiger partial charge in [0, 0.05) is 18.2 Å². The highest BCUT2D eigenvalue weighted by molar-refractivity contribution is 7.92. The van der Waals surface area contributed by atoms with Gasteiger partial charge in [-0.25, -0.2) is 12.8 Å². The quantitative estimate of drug-likeness (QED) is 0.562. The Morgan fingerprint density at radius 1 is 1.21 bits per heavy atom. The summed E-state index contributed by atoms with van der Waals surface area (Å²) in [5.41, 5.74) is 2.13. The van der Waals surface area contributed by atoms with E-state index in [0.29, 0.717) is 46.5 Å². The molecule has 178 valence electrons. The second-order valence-corrected chi connectivity index (χ2v) is 11.6. The number of nitrogens with zero attached hydrogens (tertiary/aromatic N) is 1. The molecule has 5 rings (SSSR count). The minimum Gasteiger partial charge on any atom is -0.339 e. The lowest BCUT2D eigenvalue weighted by Gasteiger charge is -2.23. The molecule has 3 aliphatic rings. The molecule has 1 heterocycles. The van der Waals surface area contributed by atoms with Gasteiger partial charge in [0.25, 0.3) is 0 Å². The molecule has 7 nitrogen and oxygen atoms in total. The second-order valence-electron chi connectivity index (χ2n) is 9.82. The zero-order valence-electron chi connectivity index (χ0n) is 19.0. The van der Waals surface area contributed by atoms with Crippen LogP contribution in [0.2, 0.25) is 0 Å². The van der Waals surface area contributed by atoms with E-state index in [-0.39, 0.29) is 18.4 Å². The first-order valence-corrected chi connectivity index (χ1v) is 13.4. The molecule has 2 bridgehead atoms. The first kappa shape index (κ1) is 22.8. The lowest BCUT2D eigenvalue weighted by Crippen LogP contribution is -2.51. The van der Waals surface area contributed by atoms with Crippen LogP contribution in [0.5, 0.6) is 0 Å². The van der Waals surface area contributed by atoms with Gasteiger partial charge in [-0.15, -0.1) is 0 Å². The standard InChI is InChI=1S/C25H27FN4O3S/c1-13-22-19-11-21(23(13)22)29-24(19)25(31)28-18(12-27)9-16-4-3-15(10-20(16)26)14-5-7-17(8-6-14)30-34(2,32)33/h3-8,10,13,18-19,21-24,29-30H,9,11H2,1-2H3,(H,28,31)/t13?,18-,19+,21-,22?,23?,24-/m0/s1. The van der Waals surface area contributed by atoms with Gasteiger partial charge in [0.2, 0.25) is 15.9 Å². The number of benzene rings is 2. The summed E-state index contributed by atoms with van der Waals surface area (Å²) in [6.45, 7) is 2.24. The van der Waals surface area contributed by atoms with Gasteiger partial charge in [0.1, 0.15) is 11.9 Å². The van der Waals surface area contributed by atoms with Crippen molar-refractivity contribution >= 4 is 21.6 Å². The maximum absolute atomic E-state index is 14.9. The van der Waals surface area contributed by atoms with Crippen LogP contribution < -0.4 is 15.4 Å². The van der Waals surface area contributed by atoms with Crippen molar-refractivity contribution in [3.63, 3.8) is 0 Å². The van der Waals surface area contributed by atoms with Crippen LogP contribution in [-0.2, 0) is 21.2 Å². The minimum atomic E-state index is -3.37. The number of amides is 1. The van der Waals surface area contributed by atoms with Crippen LogP contribution in [-0.4, -0.2) is 38.7 Å². The van der Waals surface area contributed by atoms with Crippen LogP contribution in [0.3, 0.4) is 0 Å². The topological polar surface area (TPSA) is 111 Å². The van der Waals surface area contributed by atoms with Crippen molar-refractivity contribution in [1.82, 2.24) is 10.6 Å². The van der Waals surface area contributed by atoms with Gasteiger partial charge in [0.15, 0.2) is 0 Å². The number of fused-ring (bicyclic) bond motifs is 5. The molecule has 3 N–H and O–H groups in total. The predicted octanol–water partition coefficient (Wildman–Crippen LogP) is 2.66. The molecule has 0 spiro atoms. The molecule has 2 aromatic carbocycles. The lowest BCUT2D eigenvalue weighted by atomic mass is 9.94.